The summed E-state index contributed by atoms with van der Waals surface area (Å²) in [6.45, 7) is 2.13. The lowest BCUT2D eigenvalue weighted by Gasteiger charge is -2.05. The highest BCUT2D eigenvalue weighted by Gasteiger charge is 1.99. The molecule has 1 aromatic carbocycles. The van der Waals surface area contributed by atoms with Crippen LogP contribution in [-0.4, -0.2) is 20.2 Å². The number of ether oxygens (including phenoxy) is 1. The van der Waals surface area contributed by atoms with Crippen molar-refractivity contribution in [1.29, 1.82) is 0 Å². The topological polar surface area (TPSA) is 21.3 Å². The van der Waals surface area contributed by atoms with Crippen molar-refractivity contribution in [3.63, 3.8) is 0 Å². The minimum absolute atomic E-state index is 0.183. The molecule has 0 aliphatic heterocycles. The SMILES string of the molecule is CNCCCCCOCc1ccccc1F. The Bertz CT molecular complexity index is 291. The van der Waals surface area contributed by atoms with E-state index >= 15 is 0 Å². The second-order valence-electron chi connectivity index (χ2n) is 3.81. The number of hydrogen-bond acceptors (Lipinski definition) is 2. The van der Waals surface area contributed by atoms with E-state index in [2.05, 4.69) is 5.32 Å². The maximum absolute atomic E-state index is 13.2. The Balaban J connectivity index is 2.05. The normalized spacial score (nSPS) is 10.6. The molecule has 0 aromatic heterocycles. The minimum Gasteiger partial charge on any atom is -0.377 e. The predicted molar refractivity (Wildman–Crippen MR) is 63.8 cm³/mol. The Morgan fingerprint density at radius 3 is 2.75 bits per heavy atom. The highest BCUT2D eigenvalue weighted by atomic mass is 19.1. The fourth-order valence-corrected chi connectivity index (χ4v) is 1.48. The van der Waals surface area contributed by atoms with Crippen molar-refractivity contribution < 1.29 is 9.13 Å². The van der Waals surface area contributed by atoms with Crippen molar-refractivity contribution in [2.45, 2.75) is 25.9 Å². The lowest BCUT2D eigenvalue weighted by atomic mass is 10.2. The molecular formula is C13H20FNO. The quantitative estimate of drug-likeness (QED) is 0.687. The van der Waals surface area contributed by atoms with Crippen LogP contribution in [0.15, 0.2) is 24.3 Å². The molecule has 0 unspecified atom stereocenters. The first-order valence-corrected chi connectivity index (χ1v) is 5.80. The third-order valence-electron chi connectivity index (χ3n) is 2.43. The van der Waals surface area contributed by atoms with E-state index in [-0.39, 0.29) is 5.82 Å². The number of halogens is 1. The van der Waals surface area contributed by atoms with Gasteiger partial charge in [0.15, 0.2) is 0 Å². The molecule has 0 bridgehead atoms. The van der Waals surface area contributed by atoms with Gasteiger partial charge in [0.1, 0.15) is 5.82 Å². The summed E-state index contributed by atoms with van der Waals surface area (Å²) < 4.78 is 18.6. The maximum Gasteiger partial charge on any atom is 0.128 e. The molecule has 0 fully saturated rings. The number of hydrogen-bond donors (Lipinski definition) is 1. The third-order valence-corrected chi connectivity index (χ3v) is 2.43. The highest BCUT2D eigenvalue weighted by Crippen LogP contribution is 2.08. The van der Waals surface area contributed by atoms with Gasteiger partial charge >= 0.3 is 0 Å². The summed E-state index contributed by atoms with van der Waals surface area (Å²) in [4.78, 5) is 0. The number of unbranched alkanes of at least 4 members (excludes halogenated alkanes) is 2. The zero-order valence-electron chi connectivity index (χ0n) is 9.84. The first-order valence-electron chi connectivity index (χ1n) is 5.80. The van der Waals surface area contributed by atoms with Crippen LogP contribution in [0.2, 0.25) is 0 Å². The van der Waals surface area contributed by atoms with Crippen LogP contribution in [0.25, 0.3) is 0 Å². The molecule has 1 aromatic rings. The summed E-state index contributed by atoms with van der Waals surface area (Å²) in [5, 5.41) is 3.10. The van der Waals surface area contributed by atoms with Crippen LogP contribution < -0.4 is 5.32 Å². The van der Waals surface area contributed by atoms with Crippen molar-refractivity contribution in [1.82, 2.24) is 5.32 Å². The molecule has 0 amide bonds. The van der Waals surface area contributed by atoms with E-state index in [4.69, 9.17) is 4.74 Å². The largest absolute Gasteiger partial charge is 0.377 e. The van der Waals surface area contributed by atoms with E-state index in [9.17, 15) is 4.39 Å². The van der Waals surface area contributed by atoms with Gasteiger partial charge in [0.2, 0.25) is 0 Å². The van der Waals surface area contributed by atoms with Gasteiger partial charge < -0.3 is 10.1 Å². The second-order valence-corrected chi connectivity index (χ2v) is 3.81. The van der Waals surface area contributed by atoms with Gasteiger partial charge in [-0.2, -0.15) is 0 Å². The van der Waals surface area contributed by atoms with Gasteiger partial charge in [0.05, 0.1) is 6.61 Å². The van der Waals surface area contributed by atoms with Gasteiger partial charge in [-0.1, -0.05) is 18.2 Å². The van der Waals surface area contributed by atoms with Crippen LogP contribution in [0.5, 0.6) is 0 Å². The van der Waals surface area contributed by atoms with Crippen molar-refractivity contribution in [2.75, 3.05) is 20.2 Å². The number of nitrogens with one attached hydrogen (secondary N) is 1. The minimum atomic E-state index is -0.183. The van der Waals surface area contributed by atoms with E-state index in [1.807, 2.05) is 13.1 Å². The van der Waals surface area contributed by atoms with Gasteiger partial charge in [-0.3, -0.25) is 0 Å². The molecule has 1 rings (SSSR count). The van der Waals surface area contributed by atoms with Gasteiger partial charge in [-0.15, -0.1) is 0 Å². The van der Waals surface area contributed by atoms with Crippen LogP contribution in [0.1, 0.15) is 24.8 Å². The van der Waals surface area contributed by atoms with E-state index in [1.165, 1.54) is 12.5 Å². The molecule has 0 aliphatic carbocycles. The predicted octanol–water partition coefficient (Wildman–Crippen LogP) is 2.73. The van der Waals surface area contributed by atoms with Gasteiger partial charge in [-0.05, 0) is 38.9 Å². The number of rotatable bonds is 8. The fraction of sp³-hybridized carbons (Fsp3) is 0.538. The van der Waals surface area contributed by atoms with E-state index in [0.717, 1.165) is 19.4 Å². The average Bonchev–Trinajstić information content (AvgIpc) is 2.30. The van der Waals surface area contributed by atoms with Gasteiger partial charge in [0.25, 0.3) is 0 Å². The van der Waals surface area contributed by atoms with Crippen LogP contribution in [0.4, 0.5) is 4.39 Å². The van der Waals surface area contributed by atoms with Crippen LogP contribution in [0.3, 0.4) is 0 Å². The van der Waals surface area contributed by atoms with Gasteiger partial charge in [0, 0.05) is 12.2 Å². The molecule has 0 radical (unpaired) electrons. The Labute approximate surface area is 96.8 Å². The molecule has 3 heteroatoms. The van der Waals surface area contributed by atoms with Crippen LogP contribution in [-0.2, 0) is 11.3 Å². The van der Waals surface area contributed by atoms with E-state index in [1.54, 1.807) is 12.1 Å². The van der Waals surface area contributed by atoms with Crippen LogP contribution >= 0.6 is 0 Å². The Hall–Kier alpha value is -0.930. The molecule has 2 nitrogen and oxygen atoms in total. The second kappa shape index (κ2) is 8.25. The Morgan fingerprint density at radius 1 is 1.19 bits per heavy atom. The van der Waals surface area contributed by atoms with Gasteiger partial charge in [-0.25, -0.2) is 4.39 Å². The summed E-state index contributed by atoms with van der Waals surface area (Å²) in [7, 11) is 1.95. The molecule has 0 spiro atoms. The summed E-state index contributed by atoms with van der Waals surface area (Å²) >= 11 is 0. The lowest BCUT2D eigenvalue weighted by Crippen LogP contribution is -2.07. The summed E-state index contributed by atoms with van der Waals surface area (Å²) in [6, 6.07) is 6.74. The highest BCUT2D eigenvalue weighted by molar-refractivity contribution is 5.16. The third kappa shape index (κ3) is 5.24. The molecular weight excluding hydrogens is 205 g/mol. The first kappa shape index (κ1) is 13.1. The average molecular weight is 225 g/mol. The molecule has 0 saturated heterocycles. The van der Waals surface area contributed by atoms with Crippen molar-refractivity contribution in [2.24, 2.45) is 0 Å². The summed E-state index contributed by atoms with van der Waals surface area (Å²) in [6.07, 6.45) is 3.35. The van der Waals surface area contributed by atoms with E-state index < -0.39 is 0 Å². The molecule has 16 heavy (non-hydrogen) atoms. The summed E-state index contributed by atoms with van der Waals surface area (Å²) in [5.74, 6) is -0.183. The smallest absolute Gasteiger partial charge is 0.128 e. The monoisotopic (exact) mass is 225 g/mol. The molecule has 1 N–H and O–H groups in total. The Kier molecular flexibility index (Phi) is 6.77. The molecule has 0 heterocycles. The number of benzene rings is 1. The molecule has 0 saturated carbocycles. The zero-order valence-corrected chi connectivity index (χ0v) is 9.84. The summed E-state index contributed by atoms with van der Waals surface area (Å²) in [5.41, 5.74) is 0.637. The Morgan fingerprint density at radius 2 is 2.00 bits per heavy atom. The molecule has 90 valence electrons. The van der Waals surface area contributed by atoms with Crippen molar-refractivity contribution >= 4 is 0 Å². The van der Waals surface area contributed by atoms with E-state index in [0.29, 0.717) is 18.8 Å². The fourth-order valence-electron chi connectivity index (χ4n) is 1.48. The lowest BCUT2D eigenvalue weighted by molar-refractivity contribution is 0.114. The van der Waals surface area contributed by atoms with Crippen molar-refractivity contribution in [3.8, 4) is 0 Å². The molecule has 0 atom stereocenters. The van der Waals surface area contributed by atoms with Crippen molar-refractivity contribution in [3.05, 3.63) is 35.6 Å². The standard InChI is InChI=1S/C13H20FNO/c1-15-9-5-2-6-10-16-11-12-7-3-4-8-13(12)14/h3-4,7-8,15H,2,5-6,9-11H2,1H3. The molecule has 0 aliphatic rings. The zero-order chi connectivity index (χ0) is 11.6. The first-order chi connectivity index (χ1) is 7.84. The maximum atomic E-state index is 13.2. The van der Waals surface area contributed by atoms with Crippen LogP contribution in [0, 0.1) is 5.82 Å².